The second kappa shape index (κ2) is 10.1. The lowest BCUT2D eigenvalue weighted by molar-refractivity contribution is -0.117. The van der Waals surface area contributed by atoms with Crippen LogP contribution in [0.15, 0.2) is 18.2 Å². The van der Waals surface area contributed by atoms with Gasteiger partial charge in [-0.05, 0) is 95.8 Å². The molecule has 0 bridgehead atoms. The van der Waals surface area contributed by atoms with Crippen LogP contribution in [0.4, 0.5) is 5.69 Å². The van der Waals surface area contributed by atoms with E-state index in [0.29, 0.717) is 12.5 Å². The molecule has 2 atom stereocenters. The third-order valence-corrected chi connectivity index (χ3v) is 7.22. The summed E-state index contributed by atoms with van der Waals surface area (Å²) in [6, 6.07) is 7.32. The minimum Gasteiger partial charge on any atom is -0.493 e. The summed E-state index contributed by atoms with van der Waals surface area (Å²) in [6.45, 7) is 10.9. The van der Waals surface area contributed by atoms with Gasteiger partial charge in [-0.15, -0.1) is 0 Å². The van der Waals surface area contributed by atoms with Gasteiger partial charge in [0.2, 0.25) is 5.91 Å². The lowest BCUT2D eigenvalue weighted by atomic mass is 10.1. The lowest BCUT2D eigenvalue weighted by Crippen LogP contribution is -2.43. The first-order chi connectivity index (χ1) is 14.6. The molecular formula is C25H39N3O2. The summed E-state index contributed by atoms with van der Waals surface area (Å²) in [4.78, 5) is 19.8. The summed E-state index contributed by atoms with van der Waals surface area (Å²) in [5, 5.41) is 0. The number of ether oxygens (including phenoxy) is 1. The average Bonchev–Trinajstić information content (AvgIpc) is 3.32. The highest BCUT2D eigenvalue weighted by Crippen LogP contribution is 2.31. The maximum atomic E-state index is 12.7. The van der Waals surface area contributed by atoms with Gasteiger partial charge in [-0.3, -0.25) is 4.79 Å². The largest absolute Gasteiger partial charge is 0.493 e. The Balaban J connectivity index is 1.32. The first-order valence-corrected chi connectivity index (χ1v) is 12.1. The molecule has 5 nitrogen and oxygen atoms in total. The van der Waals surface area contributed by atoms with E-state index in [4.69, 9.17) is 4.74 Å². The normalized spacial score (nSPS) is 25.9. The van der Waals surface area contributed by atoms with E-state index in [1.165, 1.54) is 51.7 Å². The summed E-state index contributed by atoms with van der Waals surface area (Å²) in [5.41, 5.74) is 2.16. The number of hydrogen-bond donors (Lipinski definition) is 0. The van der Waals surface area contributed by atoms with Crippen molar-refractivity contribution in [2.75, 3.05) is 44.2 Å². The first-order valence-electron chi connectivity index (χ1n) is 12.1. The molecule has 3 heterocycles. The quantitative estimate of drug-likeness (QED) is 0.598. The Morgan fingerprint density at radius 1 is 1.07 bits per heavy atom. The molecule has 1 aromatic rings. The molecular weight excluding hydrogens is 374 g/mol. The molecule has 0 aromatic heterocycles. The molecule has 1 aromatic carbocycles. The minimum atomic E-state index is 0.268. The number of hydrogen-bond acceptors (Lipinski definition) is 4. The van der Waals surface area contributed by atoms with Crippen LogP contribution in [0.3, 0.4) is 0 Å². The van der Waals surface area contributed by atoms with Gasteiger partial charge in [-0.1, -0.05) is 6.42 Å². The summed E-state index contributed by atoms with van der Waals surface area (Å²) in [7, 11) is 0. The van der Waals surface area contributed by atoms with Crippen molar-refractivity contribution in [2.24, 2.45) is 0 Å². The maximum absolute atomic E-state index is 12.7. The number of likely N-dealkylation sites (tertiary alicyclic amines) is 2. The van der Waals surface area contributed by atoms with Crippen molar-refractivity contribution in [1.29, 1.82) is 0 Å². The molecule has 3 aliphatic heterocycles. The Kier molecular flexibility index (Phi) is 7.32. The highest BCUT2D eigenvalue weighted by molar-refractivity contribution is 5.96. The molecule has 5 heteroatoms. The zero-order chi connectivity index (χ0) is 20.9. The Morgan fingerprint density at radius 2 is 1.90 bits per heavy atom. The Morgan fingerprint density at radius 3 is 2.63 bits per heavy atom. The van der Waals surface area contributed by atoms with Crippen molar-refractivity contribution in [2.45, 2.75) is 77.3 Å². The number of benzene rings is 1. The molecule has 166 valence electrons. The van der Waals surface area contributed by atoms with Crippen LogP contribution in [0.25, 0.3) is 0 Å². The predicted molar refractivity (Wildman–Crippen MR) is 122 cm³/mol. The van der Waals surface area contributed by atoms with Crippen molar-refractivity contribution in [3.63, 3.8) is 0 Å². The monoisotopic (exact) mass is 413 g/mol. The fraction of sp³-hybridized carbons (Fsp3) is 0.720. The minimum absolute atomic E-state index is 0.268. The van der Waals surface area contributed by atoms with E-state index >= 15 is 0 Å². The van der Waals surface area contributed by atoms with E-state index in [-0.39, 0.29) is 5.91 Å². The number of aryl methyl sites for hydroxylation is 1. The molecule has 0 aliphatic carbocycles. The zero-order valence-corrected chi connectivity index (χ0v) is 18.9. The standard InChI is InChI=1S/C25H39N3O2/c1-20-18-22(9-11-24(20)30-17-7-16-27-15-6-8-21(27)2)28-23(10-12-25(28)29)19-26-13-4-3-5-14-26/h9,11,18,21,23H,3-8,10,12-17,19H2,1-2H3. The van der Waals surface area contributed by atoms with Crippen molar-refractivity contribution >= 4 is 11.6 Å². The van der Waals surface area contributed by atoms with Crippen molar-refractivity contribution in [3.05, 3.63) is 23.8 Å². The molecule has 4 rings (SSSR count). The van der Waals surface area contributed by atoms with Crippen LogP contribution in [-0.4, -0.2) is 67.1 Å². The average molecular weight is 414 g/mol. The predicted octanol–water partition coefficient (Wildman–Crippen LogP) is 4.23. The summed E-state index contributed by atoms with van der Waals surface area (Å²) in [6.07, 6.45) is 9.30. The molecule has 3 saturated heterocycles. The second-order valence-corrected chi connectivity index (χ2v) is 9.50. The molecule has 0 radical (unpaired) electrons. The molecule has 3 aliphatic rings. The highest BCUT2D eigenvalue weighted by atomic mass is 16.5. The van der Waals surface area contributed by atoms with Gasteiger partial charge in [0.1, 0.15) is 5.75 Å². The van der Waals surface area contributed by atoms with Crippen LogP contribution in [0.2, 0.25) is 0 Å². The Labute approximate surface area is 182 Å². The second-order valence-electron chi connectivity index (χ2n) is 9.50. The number of carbonyl (C=O) groups excluding carboxylic acids is 1. The smallest absolute Gasteiger partial charge is 0.227 e. The summed E-state index contributed by atoms with van der Waals surface area (Å²) >= 11 is 0. The van der Waals surface area contributed by atoms with E-state index in [1.54, 1.807) is 0 Å². The molecule has 1 amide bonds. The van der Waals surface area contributed by atoms with E-state index in [1.807, 2.05) is 0 Å². The summed E-state index contributed by atoms with van der Waals surface area (Å²) < 4.78 is 6.09. The number of rotatable bonds is 8. The molecule has 3 fully saturated rings. The van der Waals surface area contributed by atoms with Crippen molar-refractivity contribution in [1.82, 2.24) is 9.80 Å². The van der Waals surface area contributed by atoms with E-state index in [2.05, 4.69) is 46.7 Å². The summed E-state index contributed by atoms with van der Waals surface area (Å²) in [5.74, 6) is 1.22. The number of anilines is 1. The van der Waals surface area contributed by atoms with Gasteiger partial charge < -0.3 is 19.4 Å². The Hall–Kier alpha value is -1.59. The van der Waals surface area contributed by atoms with Crippen molar-refractivity contribution in [3.8, 4) is 5.75 Å². The van der Waals surface area contributed by atoms with Gasteiger partial charge in [0, 0.05) is 31.2 Å². The van der Waals surface area contributed by atoms with Gasteiger partial charge in [0.15, 0.2) is 0 Å². The highest BCUT2D eigenvalue weighted by Gasteiger charge is 2.33. The fourth-order valence-corrected chi connectivity index (χ4v) is 5.43. The number of carbonyl (C=O) groups is 1. The van der Waals surface area contributed by atoms with Crippen LogP contribution in [-0.2, 0) is 4.79 Å². The van der Waals surface area contributed by atoms with Gasteiger partial charge in [0.05, 0.1) is 12.6 Å². The van der Waals surface area contributed by atoms with Crippen LogP contribution in [0, 0.1) is 6.92 Å². The first kappa shape index (κ1) is 21.6. The maximum Gasteiger partial charge on any atom is 0.227 e. The molecule has 0 N–H and O–H groups in total. The Bertz CT molecular complexity index is 716. The number of nitrogens with zero attached hydrogens (tertiary/aromatic N) is 3. The molecule has 2 unspecified atom stereocenters. The van der Waals surface area contributed by atoms with Crippen LogP contribution in [0.5, 0.6) is 5.75 Å². The fourth-order valence-electron chi connectivity index (χ4n) is 5.43. The van der Waals surface area contributed by atoms with Crippen LogP contribution >= 0.6 is 0 Å². The third kappa shape index (κ3) is 5.17. The molecule has 0 saturated carbocycles. The molecule has 30 heavy (non-hydrogen) atoms. The van der Waals surface area contributed by atoms with Gasteiger partial charge in [-0.25, -0.2) is 0 Å². The van der Waals surface area contributed by atoms with E-state index in [0.717, 1.165) is 55.6 Å². The topological polar surface area (TPSA) is 36.0 Å². The van der Waals surface area contributed by atoms with E-state index in [9.17, 15) is 4.79 Å². The SMILES string of the molecule is Cc1cc(N2C(=O)CCC2CN2CCCCC2)ccc1OCCCN1CCCC1C. The zero-order valence-electron chi connectivity index (χ0n) is 18.9. The van der Waals surface area contributed by atoms with Gasteiger partial charge >= 0.3 is 0 Å². The van der Waals surface area contributed by atoms with E-state index < -0.39 is 0 Å². The van der Waals surface area contributed by atoms with Gasteiger partial charge in [-0.2, -0.15) is 0 Å². The number of amides is 1. The molecule has 0 spiro atoms. The van der Waals surface area contributed by atoms with Crippen LogP contribution in [0.1, 0.15) is 63.9 Å². The van der Waals surface area contributed by atoms with Crippen molar-refractivity contribution < 1.29 is 9.53 Å². The third-order valence-electron chi connectivity index (χ3n) is 7.22. The lowest BCUT2D eigenvalue weighted by Gasteiger charge is -2.33. The number of piperidine rings is 1. The van der Waals surface area contributed by atoms with Crippen LogP contribution < -0.4 is 9.64 Å². The van der Waals surface area contributed by atoms with Gasteiger partial charge in [0.25, 0.3) is 0 Å².